The van der Waals surface area contributed by atoms with Gasteiger partial charge in [0.2, 0.25) is 11.8 Å². The Morgan fingerprint density at radius 1 is 0.712 bits per heavy atom. The fourth-order valence-corrected chi connectivity index (χ4v) is 6.46. The van der Waals surface area contributed by atoms with E-state index in [1.54, 1.807) is 42.5 Å². The molecule has 0 spiro atoms. The monoisotopic (exact) mass is 812 g/mol. The van der Waals surface area contributed by atoms with E-state index in [0.717, 1.165) is 5.56 Å². The van der Waals surface area contributed by atoms with Crippen LogP contribution in [0.4, 0.5) is 5.69 Å². The van der Waals surface area contributed by atoms with Crippen LogP contribution in [0.5, 0.6) is 5.75 Å². The highest BCUT2D eigenvalue weighted by Crippen LogP contribution is 2.37. The lowest BCUT2D eigenvalue weighted by Crippen LogP contribution is -2.53. The molecule has 0 bridgehead atoms. The van der Waals surface area contributed by atoms with Crippen LogP contribution in [0.1, 0.15) is 63.2 Å². The second-order valence-corrected chi connectivity index (χ2v) is 15.1. The van der Waals surface area contributed by atoms with E-state index in [9.17, 15) is 34.3 Å². The number of benzene rings is 5. The normalized spacial score (nSPS) is 11.9. The number of phosphoric ester groups is 1. The number of phosphoric acid groups is 1. The van der Waals surface area contributed by atoms with Gasteiger partial charge in [-0.1, -0.05) is 68.4 Å². The molecule has 0 saturated heterocycles. The van der Waals surface area contributed by atoms with Crippen molar-refractivity contribution in [1.29, 1.82) is 10.5 Å². The van der Waals surface area contributed by atoms with Gasteiger partial charge in [-0.2, -0.15) is 10.5 Å². The maximum absolute atomic E-state index is 14.0. The highest BCUT2D eigenvalue weighted by molar-refractivity contribution is 7.46. The number of carbonyl (C=O) groups is 4. The third kappa shape index (κ3) is 12.7. The first-order valence-electron chi connectivity index (χ1n) is 18.4. The van der Waals surface area contributed by atoms with Crippen molar-refractivity contribution >= 4 is 37.1 Å². The van der Waals surface area contributed by atoms with Crippen LogP contribution in [0, 0.1) is 28.6 Å². The predicted octanol–water partition coefficient (Wildman–Crippen LogP) is 6.01. The van der Waals surface area contributed by atoms with Gasteiger partial charge < -0.3 is 25.8 Å². The minimum Gasteiger partial charge on any atom is -0.404 e. The van der Waals surface area contributed by atoms with E-state index >= 15 is 0 Å². The zero-order valence-electron chi connectivity index (χ0n) is 32.1. The molecule has 59 heavy (non-hydrogen) atoms. The molecule has 5 aromatic rings. The van der Waals surface area contributed by atoms with E-state index in [4.69, 9.17) is 9.79 Å². The maximum atomic E-state index is 14.0. The molecule has 0 aliphatic heterocycles. The summed E-state index contributed by atoms with van der Waals surface area (Å²) in [6, 6.07) is 34.0. The summed E-state index contributed by atoms with van der Waals surface area (Å²) < 4.78 is 15.9. The van der Waals surface area contributed by atoms with Crippen molar-refractivity contribution in [3.63, 3.8) is 0 Å². The van der Waals surface area contributed by atoms with Crippen LogP contribution in [-0.2, 0) is 27.1 Å². The molecule has 300 valence electrons. The first-order valence-corrected chi connectivity index (χ1v) is 20.0. The highest BCUT2D eigenvalue weighted by Gasteiger charge is 2.29. The Hall–Kier alpha value is -7.09. The Balaban J connectivity index is 1.39. The van der Waals surface area contributed by atoms with Crippen molar-refractivity contribution in [2.45, 2.75) is 45.3 Å². The molecule has 15 heteroatoms. The van der Waals surface area contributed by atoms with E-state index < -0.39 is 37.6 Å². The SMILES string of the molecule is CC(C)C[C@H](NC(=O)[C@H](Cc1ccc(OP(=O)(O)O)cc1)NC(=O)c1ccc(C#N)cc1)C(=O)Nc1ccc(C(=O)NCc2ccccc2)c(-c2ccc(C#N)cc2)c1. The first-order chi connectivity index (χ1) is 28.2. The molecule has 5 rings (SSSR count). The summed E-state index contributed by atoms with van der Waals surface area (Å²) in [4.78, 5) is 73.3. The van der Waals surface area contributed by atoms with Gasteiger partial charge >= 0.3 is 7.82 Å². The van der Waals surface area contributed by atoms with Gasteiger partial charge in [-0.3, -0.25) is 29.0 Å². The van der Waals surface area contributed by atoms with E-state index in [0.29, 0.717) is 39.1 Å². The third-order valence-electron chi connectivity index (χ3n) is 8.98. The summed E-state index contributed by atoms with van der Waals surface area (Å²) in [7, 11) is -4.82. The summed E-state index contributed by atoms with van der Waals surface area (Å²) in [6.45, 7) is 4.04. The smallest absolute Gasteiger partial charge is 0.404 e. The second-order valence-electron chi connectivity index (χ2n) is 13.9. The van der Waals surface area contributed by atoms with Gasteiger partial charge in [0.05, 0.1) is 23.3 Å². The molecule has 14 nitrogen and oxygen atoms in total. The Kier molecular flexibility index (Phi) is 14.5. The number of hydrogen-bond acceptors (Lipinski definition) is 8. The van der Waals surface area contributed by atoms with E-state index in [1.165, 1.54) is 48.5 Å². The van der Waals surface area contributed by atoms with E-state index in [-0.39, 0.29) is 42.5 Å². The summed E-state index contributed by atoms with van der Waals surface area (Å²) in [5.74, 6) is -2.40. The molecule has 0 fully saturated rings. The average molecular weight is 813 g/mol. The van der Waals surface area contributed by atoms with Crippen molar-refractivity contribution in [1.82, 2.24) is 16.0 Å². The van der Waals surface area contributed by atoms with Crippen molar-refractivity contribution in [2.75, 3.05) is 5.32 Å². The maximum Gasteiger partial charge on any atom is 0.524 e. The van der Waals surface area contributed by atoms with Gasteiger partial charge in [0.1, 0.15) is 17.8 Å². The van der Waals surface area contributed by atoms with Gasteiger partial charge in [0.25, 0.3) is 11.8 Å². The number of carbonyl (C=O) groups excluding carboxylic acids is 4. The number of rotatable bonds is 16. The second kappa shape index (κ2) is 19.9. The molecular weight excluding hydrogens is 771 g/mol. The molecule has 0 unspecified atom stereocenters. The van der Waals surface area contributed by atoms with Crippen molar-refractivity contribution < 1.29 is 38.1 Å². The number of nitrogens with zero attached hydrogens (tertiary/aromatic N) is 2. The van der Waals surface area contributed by atoms with E-state index in [2.05, 4.69) is 31.9 Å². The molecule has 0 heterocycles. The third-order valence-corrected chi connectivity index (χ3v) is 9.43. The van der Waals surface area contributed by atoms with Crippen molar-refractivity contribution in [3.05, 3.63) is 155 Å². The van der Waals surface area contributed by atoms with Gasteiger partial charge in [-0.25, -0.2) is 4.57 Å². The van der Waals surface area contributed by atoms with Crippen LogP contribution in [0.15, 0.2) is 121 Å². The Labute approximate surface area is 341 Å². The number of amides is 4. The number of hydrogen-bond donors (Lipinski definition) is 6. The minimum atomic E-state index is -4.82. The fourth-order valence-electron chi connectivity index (χ4n) is 6.07. The minimum absolute atomic E-state index is 0.0656. The molecule has 0 aliphatic rings. The largest absolute Gasteiger partial charge is 0.524 e. The lowest BCUT2D eigenvalue weighted by molar-refractivity contribution is -0.128. The predicted molar refractivity (Wildman–Crippen MR) is 219 cm³/mol. The summed E-state index contributed by atoms with van der Waals surface area (Å²) in [5, 5.41) is 29.8. The Morgan fingerprint density at radius 3 is 1.93 bits per heavy atom. The molecule has 5 aromatic carbocycles. The van der Waals surface area contributed by atoms with E-state index in [1.807, 2.05) is 50.2 Å². The van der Waals surface area contributed by atoms with Gasteiger partial charge in [0.15, 0.2) is 0 Å². The summed E-state index contributed by atoms with van der Waals surface area (Å²) >= 11 is 0. The van der Waals surface area contributed by atoms with Crippen LogP contribution < -0.4 is 25.8 Å². The Morgan fingerprint density at radius 2 is 1.34 bits per heavy atom. The van der Waals surface area contributed by atoms with Crippen molar-refractivity contribution in [2.24, 2.45) is 5.92 Å². The van der Waals surface area contributed by atoms with Crippen molar-refractivity contribution in [3.8, 4) is 29.0 Å². The fraction of sp³-hybridized carbons (Fsp3) is 0.182. The summed E-state index contributed by atoms with van der Waals surface area (Å²) in [5.41, 5.74) is 4.13. The topological polar surface area (TPSA) is 231 Å². The Bertz CT molecular complexity index is 2420. The quantitative estimate of drug-likeness (QED) is 0.0636. The molecule has 0 aliphatic carbocycles. The molecule has 4 amide bonds. The van der Waals surface area contributed by atoms with Gasteiger partial charge in [0, 0.05) is 29.8 Å². The van der Waals surface area contributed by atoms with Gasteiger partial charge in [-0.15, -0.1) is 0 Å². The van der Waals surface area contributed by atoms with Crippen LogP contribution in [-0.4, -0.2) is 45.5 Å². The zero-order chi connectivity index (χ0) is 42.5. The summed E-state index contributed by atoms with van der Waals surface area (Å²) in [6.07, 6.45) is 0.131. The molecule has 0 radical (unpaired) electrons. The number of nitriles is 2. The van der Waals surface area contributed by atoms with Crippen LogP contribution in [0.2, 0.25) is 0 Å². The molecule has 2 atom stereocenters. The van der Waals surface area contributed by atoms with Gasteiger partial charge in [-0.05, 0) is 101 Å². The molecule has 6 N–H and O–H groups in total. The van der Waals surface area contributed by atoms with Crippen LogP contribution >= 0.6 is 7.82 Å². The molecular formula is C44H41N6O8P. The lowest BCUT2D eigenvalue weighted by atomic mass is 9.97. The van der Waals surface area contributed by atoms with Crippen LogP contribution in [0.3, 0.4) is 0 Å². The number of anilines is 1. The standard InChI is InChI=1S/C44H41N6O8P/c1-28(2)22-39(50-44(54)40(49-41(51)34-16-10-31(26-46)11-17-34)23-29-12-19-36(20-13-29)58-59(55,56)57)43(53)48-35-18-21-37(42(52)47-27-32-6-4-3-5-7-32)38(24-35)33-14-8-30(25-45)9-15-33/h3-21,24,28,39-40H,22-23,27H2,1-2H3,(H,47,52)(H,48,53)(H,49,51)(H,50,54)(H2,55,56,57)/t39-,40-/m0/s1. The number of nitrogens with one attached hydrogen (secondary N) is 4. The highest BCUT2D eigenvalue weighted by atomic mass is 31.2. The molecule has 0 aromatic heterocycles. The average Bonchev–Trinajstić information content (AvgIpc) is 3.22. The molecule has 0 saturated carbocycles. The first kappa shape index (κ1) is 43.0. The van der Waals surface area contributed by atoms with Crippen LogP contribution in [0.25, 0.3) is 11.1 Å². The lowest BCUT2D eigenvalue weighted by Gasteiger charge is -2.25. The zero-order valence-corrected chi connectivity index (χ0v) is 33.0.